The molecule has 20 heavy (non-hydrogen) atoms. The topological polar surface area (TPSA) is 32.3 Å². The predicted molar refractivity (Wildman–Crippen MR) is 82.9 cm³/mol. The second-order valence-electron chi connectivity index (χ2n) is 6.05. The van der Waals surface area contributed by atoms with Crippen molar-refractivity contribution < 1.29 is 4.79 Å². The third-order valence-electron chi connectivity index (χ3n) is 4.25. The van der Waals surface area contributed by atoms with E-state index in [0.717, 1.165) is 25.9 Å². The van der Waals surface area contributed by atoms with Crippen LogP contribution in [0.4, 0.5) is 0 Å². The summed E-state index contributed by atoms with van der Waals surface area (Å²) in [5, 5.41) is 3.30. The number of likely N-dealkylation sites (N-methyl/N-ethyl adjacent to an activating group) is 1. The van der Waals surface area contributed by atoms with Gasteiger partial charge < -0.3 is 10.2 Å². The Morgan fingerprint density at radius 2 is 2.05 bits per heavy atom. The van der Waals surface area contributed by atoms with Gasteiger partial charge in [-0.2, -0.15) is 0 Å². The third-order valence-corrected chi connectivity index (χ3v) is 4.25. The lowest BCUT2D eigenvalue weighted by Gasteiger charge is -2.23. The SMILES string of the molecule is CC(C)c1ccc(CCC(=O)N(C)C2CCNC2)cc1. The maximum absolute atomic E-state index is 12.2. The fourth-order valence-electron chi connectivity index (χ4n) is 2.67. The Morgan fingerprint density at radius 1 is 1.35 bits per heavy atom. The molecular weight excluding hydrogens is 248 g/mol. The number of amides is 1. The van der Waals surface area contributed by atoms with Crippen molar-refractivity contribution in [2.75, 3.05) is 20.1 Å². The smallest absolute Gasteiger partial charge is 0.222 e. The highest BCUT2D eigenvalue weighted by Gasteiger charge is 2.22. The minimum atomic E-state index is 0.256. The van der Waals surface area contributed by atoms with Gasteiger partial charge in [-0.25, -0.2) is 0 Å². The van der Waals surface area contributed by atoms with Crippen LogP contribution in [-0.4, -0.2) is 37.0 Å². The van der Waals surface area contributed by atoms with Crippen molar-refractivity contribution in [3.8, 4) is 0 Å². The van der Waals surface area contributed by atoms with Crippen molar-refractivity contribution in [1.82, 2.24) is 10.2 Å². The van der Waals surface area contributed by atoms with Gasteiger partial charge in [0, 0.05) is 26.1 Å². The highest BCUT2D eigenvalue weighted by molar-refractivity contribution is 5.76. The fraction of sp³-hybridized carbons (Fsp3) is 0.588. The molecule has 1 aliphatic rings. The summed E-state index contributed by atoms with van der Waals surface area (Å²) in [4.78, 5) is 14.1. The van der Waals surface area contributed by atoms with E-state index in [2.05, 4.69) is 43.4 Å². The van der Waals surface area contributed by atoms with Crippen LogP contribution < -0.4 is 5.32 Å². The lowest BCUT2D eigenvalue weighted by atomic mass is 10.00. The fourth-order valence-corrected chi connectivity index (χ4v) is 2.67. The van der Waals surface area contributed by atoms with Crippen molar-refractivity contribution in [2.45, 2.75) is 45.1 Å². The molecule has 3 nitrogen and oxygen atoms in total. The number of rotatable bonds is 5. The van der Waals surface area contributed by atoms with E-state index in [9.17, 15) is 4.79 Å². The molecule has 1 fully saturated rings. The molecule has 2 rings (SSSR count). The Labute approximate surface area is 122 Å². The molecule has 0 bridgehead atoms. The van der Waals surface area contributed by atoms with Crippen molar-refractivity contribution in [2.24, 2.45) is 0 Å². The van der Waals surface area contributed by atoms with Crippen LogP contribution in [0, 0.1) is 0 Å². The normalized spacial score (nSPS) is 18.5. The standard InChI is InChI=1S/C17H26N2O/c1-13(2)15-7-4-14(5-8-15)6-9-17(20)19(3)16-10-11-18-12-16/h4-5,7-8,13,16,18H,6,9-12H2,1-3H3. The number of carbonyl (C=O) groups is 1. The summed E-state index contributed by atoms with van der Waals surface area (Å²) < 4.78 is 0. The molecule has 0 spiro atoms. The number of nitrogens with zero attached hydrogens (tertiary/aromatic N) is 1. The van der Waals surface area contributed by atoms with Gasteiger partial charge in [0.05, 0.1) is 0 Å². The number of aryl methyl sites for hydroxylation is 1. The average molecular weight is 274 g/mol. The van der Waals surface area contributed by atoms with Crippen molar-refractivity contribution >= 4 is 5.91 Å². The zero-order valence-electron chi connectivity index (χ0n) is 12.9. The van der Waals surface area contributed by atoms with Crippen LogP contribution in [0.15, 0.2) is 24.3 Å². The molecule has 1 aliphatic heterocycles. The molecule has 1 N–H and O–H groups in total. The molecule has 1 aromatic rings. The zero-order valence-corrected chi connectivity index (χ0v) is 12.9. The molecule has 0 saturated carbocycles. The van der Waals surface area contributed by atoms with E-state index in [1.807, 2.05) is 11.9 Å². The first-order valence-corrected chi connectivity index (χ1v) is 7.63. The second kappa shape index (κ2) is 6.89. The quantitative estimate of drug-likeness (QED) is 0.895. The van der Waals surface area contributed by atoms with Crippen LogP contribution in [0.1, 0.15) is 43.7 Å². The van der Waals surface area contributed by atoms with E-state index in [1.54, 1.807) is 0 Å². The summed E-state index contributed by atoms with van der Waals surface area (Å²) in [6, 6.07) is 9.04. The maximum atomic E-state index is 12.2. The van der Waals surface area contributed by atoms with Crippen molar-refractivity contribution in [1.29, 1.82) is 0 Å². The predicted octanol–water partition coefficient (Wildman–Crippen LogP) is 2.56. The van der Waals surface area contributed by atoms with E-state index < -0.39 is 0 Å². The Hall–Kier alpha value is -1.35. The van der Waals surface area contributed by atoms with Crippen LogP contribution in [0.25, 0.3) is 0 Å². The molecule has 1 heterocycles. The van der Waals surface area contributed by atoms with E-state index in [-0.39, 0.29) is 5.91 Å². The van der Waals surface area contributed by atoms with Crippen LogP contribution in [0.2, 0.25) is 0 Å². The lowest BCUT2D eigenvalue weighted by Crippen LogP contribution is -2.38. The number of hydrogen-bond donors (Lipinski definition) is 1. The third kappa shape index (κ3) is 3.83. The monoisotopic (exact) mass is 274 g/mol. The Morgan fingerprint density at radius 3 is 2.60 bits per heavy atom. The molecule has 110 valence electrons. The molecule has 1 unspecified atom stereocenters. The highest BCUT2D eigenvalue weighted by Crippen LogP contribution is 2.16. The Kier molecular flexibility index (Phi) is 5.18. The average Bonchev–Trinajstić information content (AvgIpc) is 2.98. The first kappa shape index (κ1) is 15.0. The van der Waals surface area contributed by atoms with Crippen LogP contribution >= 0.6 is 0 Å². The Bertz CT molecular complexity index is 433. The molecule has 1 aromatic carbocycles. The summed E-state index contributed by atoms with van der Waals surface area (Å²) in [5.41, 5.74) is 2.61. The number of hydrogen-bond acceptors (Lipinski definition) is 2. The molecule has 0 aliphatic carbocycles. The van der Waals surface area contributed by atoms with Crippen molar-refractivity contribution in [3.05, 3.63) is 35.4 Å². The van der Waals surface area contributed by atoms with E-state index in [1.165, 1.54) is 11.1 Å². The first-order chi connectivity index (χ1) is 9.58. The molecular formula is C17H26N2O. The van der Waals surface area contributed by atoms with Gasteiger partial charge in [0.25, 0.3) is 0 Å². The lowest BCUT2D eigenvalue weighted by molar-refractivity contribution is -0.131. The highest BCUT2D eigenvalue weighted by atomic mass is 16.2. The van der Waals surface area contributed by atoms with Gasteiger partial charge >= 0.3 is 0 Å². The summed E-state index contributed by atoms with van der Waals surface area (Å²) in [7, 11) is 1.93. The maximum Gasteiger partial charge on any atom is 0.222 e. The zero-order chi connectivity index (χ0) is 14.5. The largest absolute Gasteiger partial charge is 0.341 e. The summed E-state index contributed by atoms with van der Waals surface area (Å²) >= 11 is 0. The molecule has 3 heteroatoms. The van der Waals surface area contributed by atoms with Gasteiger partial charge in [-0.3, -0.25) is 4.79 Å². The Balaban J connectivity index is 1.83. The molecule has 0 aromatic heterocycles. The molecule has 1 amide bonds. The van der Waals surface area contributed by atoms with Gasteiger partial charge in [0.1, 0.15) is 0 Å². The number of benzene rings is 1. The van der Waals surface area contributed by atoms with E-state index in [4.69, 9.17) is 0 Å². The number of carbonyl (C=O) groups excluding carboxylic acids is 1. The summed E-state index contributed by atoms with van der Waals surface area (Å²) in [6.45, 7) is 6.36. The van der Waals surface area contributed by atoms with Crippen LogP contribution in [0.5, 0.6) is 0 Å². The van der Waals surface area contributed by atoms with Crippen LogP contribution in [0.3, 0.4) is 0 Å². The molecule has 1 atom stereocenters. The van der Waals surface area contributed by atoms with E-state index >= 15 is 0 Å². The van der Waals surface area contributed by atoms with Gasteiger partial charge in [-0.1, -0.05) is 38.1 Å². The number of nitrogens with one attached hydrogen (secondary N) is 1. The second-order valence-corrected chi connectivity index (χ2v) is 6.05. The van der Waals surface area contributed by atoms with Gasteiger partial charge in [0.15, 0.2) is 0 Å². The van der Waals surface area contributed by atoms with E-state index in [0.29, 0.717) is 18.4 Å². The summed E-state index contributed by atoms with van der Waals surface area (Å²) in [6.07, 6.45) is 2.51. The molecule has 0 radical (unpaired) electrons. The van der Waals surface area contributed by atoms with Gasteiger partial charge in [0.2, 0.25) is 5.91 Å². The van der Waals surface area contributed by atoms with Gasteiger partial charge in [-0.05, 0) is 36.4 Å². The molecule has 1 saturated heterocycles. The van der Waals surface area contributed by atoms with Gasteiger partial charge in [-0.15, -0.1) is 0 Å². The minimum absolute atomic E-state index is 0.256. The first-order valence-electron chi connectivity index (χ1n) is 7.63. The van der Waals surface area contributed by atoms with Crippen LogP contribution in [-0.2, 0) is 11.2 Å². The van der Waals surface area contributed by atoms with Crippen molar-refractivity contribution in [3.63, 3.8) is 0 Å². The minimum Gasteiger partial charge on any atom is -0.341 e. The summed E-state index contributed by atoms with van der Waals surface area (Å²) in [5.74, 6) is 0.818.